The Balaban J connectivity index is 1.76. The van der Waals surface area contributed by atoms with Crippen LogP contribution in [0.5, 0.6) is 11.5 Å². The molecule has 2 aromatic rings. The minimum absolute atomic E-state index is 0.0356. The zero-order valence-electron chi connectivity index (χ0n) is 14.7. The lowest BCUT2D eigenvalue weighted by molar-refractivity contribution is 0.296. The molecular weight excluding hydrogens is 319 g/mol. The van der Waals surface area contributed by atoms with Crippen LogP contribution in [-0.4, -0.2) is 26.8 Å². The van der Waals surface area contributed by atoms with Crippen LogP contribution < -0.4 is 20.1 Å². The summed E-state index contributed by atoms with van der Waals surface area (Å²) in [4.78, 5) is 0. The summed E-state index contributed by atoms with van der Waals surface area (Å²) in [7, 11) is 3.31. The van der Waals surface area contributed by atoms with Gasteiger partial charge in [-0.05, 0) is 43.7 Å². The third kappa shape index (κ3) is 4.11. The van der Waals surface area contributed by atoms with E-state index < -0.39 is 0 Å². The lowest BCUT2D eigenvalue weighted by Crippen LogP contribution is -2.46. The van der Waals surface area contributed by atoms with Gasteiger partial charge < -0.3 is 20.1 Å². The van der Waals surface area contributed by atoms with E-state index in [1.807, 2.05) is 30.3 Å². The first-order valence-corrected chi connectivity index (χ1v) is 8.65. The second-order valence-corrected chi connectivity index (χ2v) is 6.26. The van der Waals surface area contributed by atoms with Gasteiger partial charge in [0.05, 0.1) is 20.3 Å². The normalized spacial score (nSPS) is 20.3. The van der Waals surface area contributed by atoms with Crippen LogP contribution in [0, 0.1) is 5.82 Å². The van der Waals surface area contributed by atoms with Crippen LogP contribution >= 0.6 is 0 Å². The summed E-state index contributed by atoms with van der Waals surface area (Å²) in [5.74, 6) is 1.46. The zero-order chi connectivity index (χ0) is 17.6. The van der Waals surface area contributed by atoms with Crippen LogP contribution in [0.25, 0.3) is 0 Å². The van der Waals surface area contributed by atoms with Crippen molar-refractivity contribution in [3.63, 3.8) is 0 Å². The van der Waals surface area contributed by atoms with E-state index in [-0.39, 0.29) is 17.9 Å². The summed E-state index contributed by atoms with van der Waals surface area (Å²) < 4.78 is 25.0. The Morgan fingerprint density at radius 3 is 2.76 bits per heavy atom. The summed E-state index contributed by atoms with van der Waals surface area (Å²) in [6, 6.07) is 12.9. The minimum atomic E-state index is -0.160. The lowest BCUT2D eigenvalue weighted by Gasteiger charge is -2.34. The third-order valence-corrected chi connectivity index (χ3v) is 4.74. The molecule has 1 saturated heterocycles. The molecule has 2 aromatic carbocycles. The van der Waals surface area contributed by atoms with Gasteiger partial charge in [-0.15, -0.1) is 0 Å². The number of benzene rings is 2. The highest BCUT2D eigenvalue weighted by molar-refractivity contribution is 5.40. The molecule has 0 amide bonds. The molecule has 0 saturated carbocycles. The molecule has 0 unspecified atom stereocenters. The molecule has 5 heteroatoms. The smallest absolute Gasteiger partial charge is 0.128 e. The average Bonchev–Trinajstić information content (AvgIpc) is 2.67. The van der Waals surface area contributed by atoms with E-state index in [0.29, 0.717) is 6.54 Å². The van der Waals surface area contributed by atoms with Crippen molar-refractivity contribution in [2.75, 3.05) is 20.8 Å². The maximum atomic E-state index is 14.2. The molecule has 1 fully saturated rings. The van der Waals surface area contributed by atoms with Gasteiger partial charge in [0.2, 0.25) is 0 Å². The maximum Gasteiger partial charge on any atom is 0.128 e. The number of hydrogen-bond donors (Lipinski definition) is 2. The van der Waals surface area contributed by atoms with E-state index in [2.05, 4.69) is 10.6 Å². The average molecular weight is 344 g/mol. The number of nitrogens with one attached hydrogen (secondary N) is 2. The van der Waals surface area contributed by atoms with Gasteiger partial charge in [-0.3, -0.25) is 0 Å². The van der Waals surface area contributed by atoms with Crippen molar-refractivity contribution in [3.05, 3.63) is 59.4 Å². The molecule has 0 aliphatic carbocycles. The van der Waals surface area contributed by atoms with Crippen molar-refractivity contribution in [2.24, 2.45) is 0 Å². The van der Waals surface area contributed by atoms with Gasteiger partial charge in [-0.2, -0.15) is 0 Å². The first kappa shape index (κ1) is 17.7. The molecule has 4 nitrogen and oxygen atoms in total. The Hall–Kier alpha value is -2.11. The quantitative estimate of drug-likeness (QED) is 0.843. The predicted octanol–water partition coefficient (Wildman–Crippen LogP) is 3.43. The SMILES string of the molecule is COc1ccc(OC)c(CN[C@H]2CCCN[C@H]2c2ccccc2F)c1. The van der Waals surface area contributed by atoms with Crippen molar-refractivity contribution in [1.82, 2.24) is 10.6 Å². The molecule has 0 spiro atoms. The molecule has 25 heavy (non-hydrogen) atoms. The maximum absolute atomic E-state index is 14.2. The van der Waals surface area contributed by atoms with Gasteiger partial charge in [0.25, 0.3) is 0 Å². The third-order valence-electron chi connectivity index (χ3n) is 4.74. The van der Waals surface area contributed by atoms with Crippen molar-refractivity contribution < 1.29 is 13.9 Å². The Morgan fingerprint density at radius 1 is 1.16 bits per heavy atom. The van der Waals surface area contributed by atoms with Gasteiger partial charge in [-0.25, -0.2) is 4.39 Å². The van der Waals surface area contributed by atoms with E-state index in [1.54, 1.807) is 20.3 Å². The molecule has 3 rings (SSSR count). The Kier molecular flexibility index (Phi) is 5.89. The van der Waals surface area contributed by atoms with Crippen molar-refractivity contribution in [2.45, 2.75) is 31.5 Å². The number of hydrogen-bond acceptors (Lipinski definition) is 4. The molecular formula is C20H25FN2O2. The fourth-order valence-electron chi connectivity index (χ4n) is 3.42. The summed E-state index contributed by atoms with van der Waals surface area (Å²) >= 11 is 0. The van der Waals surface area contributed by atoms with Crippen molar-refractivity contribution in [1.29, 1.82) is 0 Å². The van der Waals surface area contributed by atoms with E-state index in [9.17, 15) is 4.39 Å². The Labute approximate surface area is 148 Å². The fourth-order valence-corrected chi connectivity index (χ4v) is 3.42. The number of piperidine rings is 1. The highest BCUT2D eigenvalue weighted by Crippen LogP contribution is 2.28. The highest BCUT2D eigenvalue weighted by Gasteiger charge is 2.27. The first-order valence-electron chi connectivity index (χ1n) is 8.65. The van der Waals surface area contributed by atoms with Crippen LogP contribution in [-0.2, 0) is 6.54 Å². The molecule has 134 valence electrons. The van der Waals surface area contributed by atoms with E-state index in [4.69, 9.17) is 9.47 Å². The van der Waals surface area contributed by atoms with E-state index >= 15 is 0 Å². The van der Waals surface area contributed by atoms with Gasteiger partial charge in [0.1, 0.15) is 17.3 Å². The fraction of sp³-hybridized carbons (Fsp3) is 0.400. The van der Waals surface area contributed by atoms with Crippen LogP contribution in [0.15, 0.2) is 42.5 Å². The standard InChI is InChI=1S/C20H25FN2O2/c1-24-15-9-10-19(25-2)14(12-15)13-23-18-8-5-11-22-20(18)16-6-3-4-7-17(16)21/h3-4,6-7,9-10,12,18,20,22-23H,5,8,11,13H2,1-2H3/t18-,20-/m0/s1. The van der Waals surface area contributed by atoms with Crippen LogP contribution in [0.1, 0.15) is 30.0 Å². The largest absolute Gasteiger partial charge is 0.497 e. The predicted molar refractivity (Wildman–Crippen MR) is 96.6 cm³/mol. The summed E-state index contributed by atoms with van der Waals surface area (Å²) in [6.07, 6.45) is 2.07. The van der Waals surface area contributed by atoms with E-state index in [0.717, 1.165) is 42.0 Å². The molecule has 1 heterocycles. The molecule has 2 N–H and O–H groups in total. The highest BCUT2D eigenvalue weighted by atomic mass is 19.1. The lowest BCUT2D eigenvalue weighted by atomic mass is 9.91. The number of ether oxygens (including phenoxy) is 2. The molecule has 0 bridgehead atoms. The number of halogens is 1. The van der Waals surface area contributed by atoms with Crippen LogP contribution in [0.3, 0.4) is 0 Å². The van der Waals surface area contributed by atoms with Gasteiger partial charge in [-0.1, -0.05) is 18.2 Å². The van der Waals surface area contributed by atoms with Crippen LogP contribution in [0.2, 0.25) is 0 Å². The molecule has 0 aromatic heterocycles. The zero-order valence-corrected chi connectivity index (χ0v) is 14.7. The van der Waals surface area contributed by atoms with Gasteiger partial charge in [0, 0.05) is 23.7 Å². The van der Waals surface area contributed by atoms with Crippen molar-refractivity contribution >= 4 is 0 Å². The van der Waals surface area contributed by atoms with Crippen molar-refractivity contribution in [3.8, 4) is 11.5 Å². The topological polar surface area (TPSA) is 42.5 Å². The summed E-state index contributed by atoms with van der Waals surface area (Å²) in [6.45, 7) is 1.54. The molecule has 1 aliphatic heterocycles. The van der Waals surface area contributed by atoms with E-state index in [1.165, 1.54) is 6.07 Å². The second-order valence-electron chi connectivity index (χ2n) is 6.26. The van der Waals surface area contributed by atoms with Gasteiger partial charge >= 0.3 is 0 Å². The second kappa shape index (κ2) is 8.32. The minimum Gasteiger partial charge on any atom is -0.497 e. The first-order chi connectivity index (χ1) is 12.2. The Bertz CT molecular complexity index is 708. The molecule has 1 aliphatic rings. The Morgan fingerprint density at radius 2 is 2.00 bits per heavy atom. The molecule has 2 atom stereocenters. The monoisotopic (exact) mass is 344 g/mol. The van der Waals surface area contributed by atoms with Crippen LogP contribution in [0.4, 0.5) is 4.39 Å². The molecule has 0 radical (unpaired) electrons. The summed E-state index contributed by atoms with van der Waals surface area (Å²) in [5, 5.41) is 7.03. The summed E-state index contributed by atoms with van der Waals surface area (Å²) in [5.41, 5.74) is 1.75. The number of methoxy groups -OCH3 is 2. The van der Waals surface area contributed by atoms with Gasteiger partial charge in [0.15, 0.2) is 0 Å². The number of rotatable bonds is 6.